The van der Waals surface area contributed by atoms with Crippen LogP contribution in [-0.4, -0.2) is 37.2 Å². The molecular weight excluding hydrogens is 289 g/mol. The summed E-state index contributed by atoms with van der Waals surface area (Å²) in [5.74, 6) is -0.174. The summed E-state index contributed by atoms with van der Waals surface area (Å²) in [5.41, 5.74) is 6.99. The molecule has 3 N–H and O–H groups in total. The van der Waals surface area contributed by atoms with E-state index in [4.69, 9.17) is 14.9 Å². The van der Waals surface area contributed by atoms with Gasteiger partial charge in [-0.3, -0.25) is 4.79 Å². The molecule has 0 aliphatic carbocycles. The van der Waals surface area contributed by atoms with Crippen LogP contribution in [0.5, 0.6) is 0 Å². The van der Waals surface area contributed by atoms with Gasteiger partial charge in [-0.25, -0.2) is 9.37 Å². The Morgan fingerprint density at radius 1 is 1.45 bits per heavy atom. The van der Waals surface area contributed by atoms with Crippen molar-refractivity contribution in [3.05, 3.63) is 42.0 Å². The Bertz CT molecular complexity index is 613. The van der Waals surface area contributed by atoms with Gasteiger partial charge in [-0.2, -0.15) is 0 Å². The number of nitrogens with zero attached hydrogens (tertiary/aromatic N) is 1. The predicted octanol–water partition coefficient (Wildman–Crippen LogP) is 1.11. The van der Waals surface area contributed by atoms with Gasteiger partial charge in [0.05, 0.1) is 12.3 Å². The fourth-order valence-electron chi connectivity index (χ4n) is 1.85. The van der Waals surface area contributed by atoms with Gasteiger partial charge in [0.2, 0.25) is 11.8 Å². The van der Waals surface area contributed by atoms with E-state index in [0.29, 0.717) is 30.1 Å². The summed E-state index contributed by atoms with van der Waals surface area (Å²) in [5, 5.41) is 2.70. The zero-order chi connectivity index (χ0) is 15.9. The summed E-state index contributed by atoms with van der Waals surface area (Å²) in [6.45, 7) is 0.566. The molecule has 0 bridgehead atoms. The van der Waals surface area contributed by atoms with Gasteiger partial charge >= 0.3 is 0 Å². The minimum atomic E-state index is -0.683. The number of carbonyl (C=O) groups is 1. The highest BCUT2D eigenvalue weighted by molar-refractivity contribution is 5.81. The van der Waals surface area contributed by atoms with E-state index in [2.05, 4.69) is 10.3 Å². The molecule has 2 aromatic rings. The summed E-state index contributed by atoms with van der Waals surface area (Å²) in [7, 11) is 1.49. The molecule has 1 heterocycles. The molecule has 2 rings (SSSR count). The summed E-state index contributed by atoms with van der Waals surface area (Å²) in [4.78, 5) is 15.9. The number of aromatic nitrogens is 1. The van der Waals surface area contributed by atoms with Gasteiger partial charge in [0, 0.05) is 25.6 Å². The zero-order valence-corrected chi connectivity index (χ0v) is 12.2. The second-order valence-electron chi connectivity index (χ2n) is 4.75. The smallest absolute Gasteiger partial charge is 0.239 e. The molecule has 118 valence electrons. The van der Waals surface area contributed by atoms with Crippen molar-refractivity contribution in [3.63, 3.8) is 0 Å². The Labute approximate surface area is 127 Å². The second-order valence-corrected chi connectivity index (χ2v) is 4.75. The molecule has 1 unspecified atom stereocenters. The highest BCUT2D eigenvalue weighted by Crippen LogP contribution is 2.18. The molecule has 0 saturated heterocycles. The van der Waals surface area contributed by atoms with Crippen LogP contribution in [0, 0.1) is 5.82 Å². The van der Waals surface area contributed by atoms with Crippen LogP contribution in [0.3, 0.4) is 0 Å². The van der Waals surface area contributed by atoms with Gasteiger partial charge in [-0.15, -0.1) is 0 Å². The number of benzene rings is 1. The van der Waals surface area contributed by atoms with Crippen LogP contribution in [0.15, 0.2) is 34.9 Å². The van der Waals surface area contributed by atoms with E-state index >= 15 is 0 Å². The number of hydrogen-bond donors (Lipinski definition) is 2. The quantitative estimate of drug-likeness (QED) is 0.800. The number of nitrogens with one attached hydrogen (secondary N) is 1. The van der Waals surface area contributed by atoms with Crippen molar-refractivity contribution in [2.75, 3.05) is 20.3 Å². The van der Waals surface area contributed by atoms with E-state index in [1.807, 2.05) is 0 Å². The Morgan fingerprint density at radius 3 is 2.86 bits per heavy atom. The third-order valence-corrected chi connectivity index (χ3v) is 3.01. The van der Waals surface area contributed by atoms with Crippen molar-refractivity contribution >= 4 is 5.91 Å². The highest BCUT2D eigenvalue weighted by Gasteiger charge is 2.12. The van der Waals surface area contributed by atoms with E-state index in [1.54, 1.807) is 12.1 Å². The maximum Gasteiger partial charge on any atom is 0.239 e. The number of oxazole rings is 1. The van der Waals surface area contributed by atoms with Crippen LogP contribution in [-0.2, 0) is 16.0 Å². The van der Waals surface area contributed by atoms with E-state index in [-0.39, 0.29) is 18.3 Å². The first-order chi connectivity index (χ1) is 10.6. The van der Waals surface area contributed by atoms with Crippen LogP contribution >= 0.6 is 0 Å². The lowest BCUT2D eigenvalue weighted by Crippen LogP contribution is -2.44. The molecular formula is C15H18FN3O3. The summed E-state index contributed by atoms with van der Waals surface area (Å²) in [6, 6.07) is 5.19. The Hall–Kier alpha value is -2.25. The van der Waals surface area contributed by atoms with Gasteiger partial charge in [-0.1, -0.05) is 0 Å². The normalized spacial score (nSPS) is 12.1. The van der Waals surface area contributed by atoms with E-state index < -0.39 is 6.04 Å². The third kappa shape index (κ3) is 4.37. The number of amides is 1. The molecule has 1 amide bonds. The zero-order valence-electron chi connectivity index (χ0n) is 12.2. The summed E-state index contributed by atoms with van der Waals surface area (Å²) >= 11 is 0. The number of hydrogen-bond acceptors (Lipinski definition) is 5. The molecule has 1 aromatic heterocycles. The lowest BCUT2D eigenvalue weighted by Gasteiger charge is -2.10. The topological polar surface area (TPSA) is 90.4 Å². The first-order valence-electron chi connectivity index (χ1n) is 6.82. The molecule has 1 aromatic carbocycles. The monoisotopic (exact) mass is 307 g/mol. The Morgan fingerprint density at radius 2 is 2.18 bits per heavy atom. The van der Waals surface area contributed by atoms with Crippen LogP contribution in [0.4, 0.5) is 4.39 Å². The van der Waals surface area contributed by atoms with Crippen LogP contribution in [0.2, 0.25) is 0 Å². The third-order valence-electron chi connectivity index (χ3n) is 3.01. The summed E-state index contributed by atoms with van der Waals surface area (Å²) in [6.07, 6.45) is 2.02. The first-order valence-corrected chi connectivity index (χ1v) is 6.82. The van der Waals surface area contributed by atoms with Crippen molar-refractivity contribution in [2.24, 2.45) is 5.73 Å². The van der Waals surface area contributed by atoms with E-state index in [1.165, 1.54) is 25.5 Å². The van der Waals surface area contributed by atoms with Gasteiger partial charge in [-0.05, 0) is 24.3 Å². The van der Waals surface area contributed by atoms with E-state index in [9.17, 15) is 9.18 Å². The standard InChI is InChI=1S/C15H18FN3O3/c1-21-9-13(17)14(20)18-7-6-12-8-22-15(19-12)10-2-4-11(16)5-3-10/h2-5,8,13H,6-7,9,17H2,1H3,(H,18,20). The predicted molar refractivity (Wildman–Crippen MR) is 78.5 cm³/mol. The maximum absolute atomic E-state index is 12.9. The number of methoxy groups -OCH3 is 1. The first kappa shape index (κ1) is 16.1. The number of carbonyl (C=O) groups excluding carboxylic acids is 1. The number of nitrogens with two attached hydrogens (primary N) is 1. The van der Waals surface area contributed by atoms with Crippen molar-refractivity contribution in [1.82, 2.24) is 10.3 Å². The largest absolute Gasteiger partial charge is 0.444 e. The SMILES string of the molecule is COCC(N)C(=O)NCCc1coc(-c2ccc(F)cc2)n1. The van der Waals surface area contributed by atoms with E-state index in [0.717, 1.165) is 0 Å². The molecule has 6 nitrogen and oxygen atoms in total. The molecule has 7 heteroatoms. The molecule has 0 radical (unpaired) electrons. The van der Waals surface area contributed by atoms with Crippen LogP contribution in [0.1, 0.15) is 5.69 Å². The molecule has 0 spiro atoms. The molecule has 0 saturated carbocycles. The number of ether oxygens (including phenoxy) is 1. The molecule has 0 fully saturated rings. The molecule has 1 atom stereocenters. The molecule has 0 aliphatic heterocycles. The Kier molecular flexibility index (Phi) is 5.62. The average Bonchev–Trinajstić information content (AvgIpc) is 2.97. The van der Waals surface area contributed by atoms with Gasteiger partial charge in [0.15, 0.2) is 0 Å². The number of rotatable bonds is 7. The van der Waals surface area contributed by atoms with Gasteiger partial charge < -0.3 is 20.2 Å². The lowest BCUT2D eigenvalue weighted by atomic mass is 10.2. The highest BCUT2D eigenvalue weighted by atomic mass is 19.1. The second kappa shape index (κ2) is 7.67. The average molecular weight is 307 g/mol. The summed E-state index contributed by atoms with van der Waals surface area (Å²) < 4.78 is 23.0. The Balaban J connectivity index is 1.85. The maximum atomic E-state index is 12.9. The molecule has 0 aliphatic rings. The minimum absolute atomic E-state index is 0.171. The van der Waals surface area contributed by atoms with Crippen LogP contribution < -0.4 is 11.1 Å². The van der Waals surface area contributed by atoms with Gasteiger partial charge in [0.1, 0.15) is 18.1 Å². The van der Waals surface area contributed by atoms with Crippen LogP contribution in [0.25, 0.3) is 11.5 Å². The van der Waals surface area contributed by atoms with Crippen molar-refractivity contribution in [1.29, 1.82) is 0 Å². The van der Waals surface area contributed by atoms with Gasteiger partial charge in [0.25, 0.3) is 0 Å². The number of halogens is 1. The fourth-order valence-corrected chi connectivity index (χ4v) is 1.85. The van der Waals surface area contributed by atoms with Crippen molar-refractivity contribution in [2.45, 2.75) is 12.5 Å². The van der Waals surface area contributed by atoms with Crippen molar-refractivity contribution < 1.29 is 18.3 Å². The van der Waals surface area contributed by atoms with Crippen molar-refractivity contribution in [3.8, 4) is 11.5 Å². The minimum Gasteiger partial charge on any atom is -0.444 e. The molecule has 22 heavy (non-hydrogen) atoms. The fraction of sp³-hybridized carbons (Fsp3) is 0.333. The lowest BCUT2D eigenvalue weighted by molar-refractivity contribution is -0.123.